The lowest BCUT2D eigenvalue weighted by Crippen LogP contribution is -2.40. The summed E-state index contributed by atoms with van der Waals surface area (Å²) in [6.45, 7) is 2.86. The van der Waals surface area contributed by atoms with Gasteiger partial charge in [-0.05, 0) is 30.5 Å². The van der Waals surface area contributed by atoms with E-state index in [9.17, 15) is 5.11 Å². The van der Waals surface area contributed by atoms with Crippen LogP contribution >= 0.6 is 34.3 Å². The topological polar surface area (TPSA) is 41.5 Å². The van der Waals surface area contributed by atoms with E-state index in [2.05, 4.69) is 16.8 Å². The summed E-state index contributed by atoms with van der Waals surface area (Å²) in [4.78, 5) is 2.38. The maximum Gasteiger partial charge on any atom is 0.0931 e. The summed E-state index contributed by atoms with van der Waals surface area (Å²) in [5, 5.41) is 15.9. The maximum atomic E-state index is 10.4. The first-order chi connectivity index (χ1) is 10.0. The second-order valence-corrected chi connectivity index (χ2v) is 7.94. The highest BCUT2D eigenvalue weighted by atomic mass is 35.5. The molecule has 2 aromatic rings. The van der Waals surface area contributed by atoms with Gasteiger partial charge in [-0.25, -0.2) is 0 Å². The summed E-state index contributed by atoms with van der Waals surface area (Å²) in [5.41, 5.74) is -0.799. The Morgan fingerprint density at radius 2 is 2.19 bits per heavy atom. The minimum atomic E-state index is -0.799. The van der Waals surface area contributed by atoms with E-state index in [1.165, 1.54) is 4.88 Å². The zero-order valence-corrected chi connectivity index (χ0v) is 14.5. The highest BCUT2D eigenvalue weighted by Crippen LogP contribution is 2.33. The van der Waals surface area contributed by atoms with Crippen LogP contribution in [0.1, 0.15) is 29.1 Å². The minimum Gasteiger partial charge on any atom is -0.389 e. The van der Waals surface area contributed by atoms with Crippen molar-refractivity contribution in [2.75, 3.05) is 20.3 Å². The van der Waals surface area contributed by atoms with Crippen molar-refractivity contribution in [2.24, 2.45) is 0 Å². The van der Waals surface area contributed by atoms with Crippen LogP contribution in [0.4, 0.5) is 0 Å². The van der Waals surface area contributed by atoms with Gasteiger partial charge >= 0.3 is 0 Å². The largest absolute Gasteiger partial charge is 0.389 e. The van der Waals surface area contributed by atoms with Gasteiger partial charge in [0.05, 0.1) is 16.0 Å². The Kier molecular flexibility index (Phi) is 6.22. The number of aliphatic hydroxyl groups is 1. The molecule has 0 aliphatic rings. The number of halogens is 1. The van der Waals surface area contributed by atoms with E-state index in [1.54, 1.807) is 29.8 Å². The second kappa shape index (κ2) is 7.72. The summed E-state index contributed by atoms with van der Waals surface area (Å²) in [5.74, 6) is 0. The molecule has 2 unspecified atom stereocenters. The SMILES string of the molecule is COCCC(C)(O)CNC(c1cccs1)c1ccc(Cl)s1. The molecule has 6 heteroatoms. The first kappa shape index (κ1) is 16.9. The third-order valence-corrected chi connectivity index (χ3v) is 5.47. The average Bonchev–Trinajstić information content (AvgIpc) is 3.09. The van der Waals surface area contributed by atoms with E-state index in [4.69, 9.17) is 16.3 Å². The van der Waals surface area contributed by atoms with E-state index < -0.39 is 5.60 Å². The molecular weight excluding hydrogens is 326 g/mol. The third kappa shape index (κ3) is 5.06. The van der Waals surface area contributed by atoms with Crippen molar-refractivity contribution in [3.8, 4) is 0 Å². The van der Waals surface area contributed by atoms with E-state index in [-0.39, 0.29) is 6.04 Å². The molecule has 0 radical (unpaired) electrons. The van der Waals surface area contributed by atoms with Gasteiger partial charge in [-0.1, -0.05) is 17.7 Å². The molecule has 0 aliphatic heterocycles. The predicted molar refractivity (Wildman–Crippen MR) is 90.6 cm³/mol. The summed E-state index contributed by atoms with van der Waals surface area (Å²) in [6.07, 6.45) is 0.596. The molecule has 2 aromatic heterocycles. The molecule has 3 nitrogen and oxygen atoms in total. The molecule has 21 heavy (non-hydrogen) atoms. The third-order valence-electron chi connectivity index (χ3n) is 3.24. The molecular formula is C15H20ClNO2S2. The first-order valence-electron chi connectivity index (χ1n) is 6.75. The molecule has 0 aromatic carbocycles. The monoisotopic (exact) mass is 345 g/mol. The number of hydrogen-bond donors (Lipinski definition) is 2. The fourth-order valence-electron chi connectivity index (χ4n) is 2.01. The molecule has 2 N–H and O–H groups in total. The summed E-state index contributed by atoms with van der Waals surface area (Å²) < 4.78 is 5.82. The number of ether oxygens (including phenoxy) is 1. The Bertz CT molecular complexity index is 540. The molecule has 0 spiro atoms. The van der Waals surface area contributed by atoms with Crippen LogP contribution in [0, 0.1) is 0 Å². The van der Waals surface area contributed by atoms with Crippen LogP contribution in [0.3, 0.4) is 0 Å². The first-order valence-corrected chi connectivity index (χ1v) is 8.82. The Labute approximate surface area is 138 Å². The van der Waals surface area contributed by atoms with Crippen molar-refractivity contribution >= 4 is 34.3 Å². The molecule has 2 rings (SSSR count). The number of thiophene rings is 2. The Morgan fingerprint density at radius 1 is 1.38 bits per heavy atom. The van der Waals surface area contributed by atoms with Crippen molar-refractivity contribution in [1.82, 2.24) is 5.32 Å². The lowest BCUT2D eigenvalue weighted by atomic mass is 10.0. The van der Waals surface area contributed by atoms with Crippen molar-refractivity contribution in [1.29, 1.82) is 0 Å². The molecule has 2 atom stereocenters. The van der Waals surface area contributed by atoms with Crippen LogP contribution in [0.25, 0.3) is 0 Å². The van der Waals surface area contributed by atoms with Crippen LogP contribution in [0.5, 0.6) is 0 Å². The average molecular weight is 346 g/mol. The normalized spacial score (nSPS) is 15.8. The van der Waals surface area contributed by atoms with Crippen LogP contribution in [0.15, 0.2) is 29.6 Å². The summed E-state index contributed by atoms with van der Waals surface area (Å²) in [7, 11) is 1.64. The predicted octanol–water partition coefficient (Wildman–Crippen LogP) is 3.93. The zero-order valence-electron chi connectivity index (χ0n) is 12.1. The van der Waals surface area contributed by atoms with Gasteiger partial charge in [-0.3, -0.25) is 0 Å². The van der Waals surface area contributed by atoms with Crippen molar-refractivity contribution in [3.63, 3.8) is 0 Å². The van der Waals surface area contributed by atoms with Gasteiger partial charge in [-0.2, -0.15) is 0 Å². The molecule has 0 saturated carbocycles. The molecule has 0 fully saturated rings. The molecule has 116 valence electrons. The van der Waals surface area contributed by atoms with Crippen molar-refractivity contribution in [3.05, 3.63) is 43.7 Å². The molecule has 0 saturated heterocycles. The second-order valence-electron chi connectivity index (χ2n) is 5.21. The summed E-state index contributed by atoms with van der Waals surface area (Å²) >= 11 is 9.32. The van der Waals surface area contributed by atoms with Crippen LogP contribution in [-0.4, -0.2) is 31.0 Å². The highest BCUT2D eigenvalue weighted by molar-refractivity contribution is 7.16. The van der Waals surface area contributed by atoms with Crippen LogP contribution in [0.2, 0.25) is 4.34 Å². The van der Waals surface area contributed by atoms with Crippen LogP contribution < -0.4 is 5.32 Å². The van der Waals surface area contributed by atoms with Gasteiger partial charge in [0.1, 0.15) is 0 Å². The molecule has 2 heterocycles. The molecule has 0 aliphatic carbocycles. The quantitative estimate of drug-likeness (QED) is 0.761. The Hall–Kier alpha value is -0.430. The van der Waals surface area contributed by atoms with E-state index >= 15 is 0 Å². The number of nitrogens with one attached hydrogen (secondary N) is 1. The lowest BCUT2D eigenvalue weighted by Gasteiger charge is -2.26. The molecule has 0 bridgehead atoms. The number of rotatable bonds is 8. The van der Waals surface area contributed by atoms with Gasteiger partial charge in [0, 0.05) is 36.4 Å². The van der Waals surface area contributed by atoms with E-state index in [0.717, 1.165) is 9.21 Å². The van der Waals surface area contributed by atoms with Gasteiger partial charge in [-0.15, -0.1) is 22.7 Å². The van der Waals surface area contributed by atoms with E-state index in [0.29, 0.717) is 19.6 Å². The van der Waals surface area contributed by atoms with Crippen LogP contribution in [-0.2, 0) is 4.74 Å². The van der Waals surface area contributed by atoms with Gasteiger partial charge in [0.25, 0.3) is 0 Å². The zero-order chi connectivity index (χ0) is 15.3. The van der Waals surface area contributed by atoms with Gasteiger partial charge < -0.3 is 15.2 Å². The van der Waals surface area contributed by atoms with E-state index in [1.807, 2.05) is 25.1 Å². The fraction of sp³-hybridized carbons (Fsp3) is 0.467. The lowest BCUT2D eigenvalue weighted by molar-refractivity contribution is 0.0237. The fourth-order valence-corrected chi connectivity index (χ4v) is 4.06. The van der Waals surface area contributed by atoms with Gasteiger partial charge in [0.2, 0.25) is 0 Å². The molecule has 0 amide bonds. The van der Waals surface area contributed by atoms with Crippen molar-refractivity contribution in [2.45, 2.75) is 25.0 Å². The number of hydrogen-bond acceptors (Lipinski definition) is 5. The number of methoxy groups -OCH3 is 1. The van der Waals surface area contributed by atoms with Gasteiger partial charge in [0.15, 0.2) is 0 Å². The Balaban J connectivity index is 2.07. The highest BCUT2D eigenvalue weighted by Gasteiger charge is 2.24. The smallest absolute Gasteiger partial charge is 0.0931 e. The Morgan fingerprint density at radius 3 is 2.76 bits per heavy atom. The van der Waals surface area contributed by atoms with Crippen molar-refractivity contribution < 1.29 is 9.84 Å². The maximum absolute atomic E-state index is 10.4. The minimum absolute atomic E-state index is 0.0662. The standard InChI is InChI=1S/C15H20ClNO2S2/c1-15(18,7-8-19-2)10-17-14(11-4-3-9-20-11)12-5-6-13(16)21-12/h3-6,9,14,17-18H,7-8,10H2,1-2H3. The summed E-state index contributed by atoms with van der Waals surface area (Å²) in [6, 6.07) is 8.14.